The van der Waals surface area contributed by atoms with Crippen molar-refractivity contribution in [1.82, 2.24) is 14.5 Å². The van der Waals surface area contributed by atoms with Gasteiger partial charge in [-0.2, -0.15) is 5.26 Å². The second kappa shape index (κ2) is 6.56. The molecule has 1 aromatic carbocycles. The van der Waals surface area contributed by atoms with Crippen LogP contribution in [0.2, 0.25) is 0 Å². The van der Waals surface area contributed by atoms with Gasteiger partial charge >= 0.3 is 0 Å². The summed E-state index contributed by atoms with van der Waals surface area (Å²) in [5.74, 6) is -1.69. The Morgan fingerprint density at radius 3 is 2.72 bits per heavy atom. The summed E-state index contributed by atoms with van der Waals surface area (Å²) in [6.07, 6.45) is 0. The van der Waals surface area contributed by atoms with Crippen LogP contribution in [-0.2, 0) is 4.79 Å². The molecule has 0 N–H and O–H groups in total. The molecule has 2 aliphatic rings. The van der Waals surface area contributed by atoms with E-state index >= 15 is 8.78 Å². The van der Waals surface area contributed by atoms with E-state index in [9.17, 15) is 9.59 Å². The topological polar surface area (TPSA) is 90.2 Å². The maximum Gasteiger partial charge on any atom is 0.275 e. The van der Waals surface area contributed by atoms with Crippen LogP contribution in [0.25, 0.3) is 0 Å². The molecule has 29 heavy (non-hydrogen) atoms. The standard InChI is InChI=1S/C19H17F2N5O2S/c1-11(2)15-14(23-24-29-15)16(27)25-8-18(20)9-26(17(28)19(18,21)10-25)13-5-3-4-12(6-13)7-22/h3-6,11H,8-10H2,1-2H3/t18-,19+/m1/s1. The van der Waals surface area contributed by atoms with E-state index in [4.69, 9.17) is 5.26 Å². The summed E-state index contributed by atoms with van der Waals surface area (Å²) < 4.78 is 35.1. The van der Waals surface area contributed by atoms with Gasteiger partial charge in [-0.25, -0.2) is 8.78 Å². The van der Waals surface area contributed by atoms with Crippen LogP contribution in [0.4, 0.5) is 14.5 Å². The molecular weight excluding hydrogens is 400 g/mol. The Morgan fingerprint density at radius 1 is 1.31 bits per heavy atom. The number of carbonyl (C=O) groups excluding carboxylic acids is 2. The van der Waals surface area contributed by atoms with Crippen LogP contribution in [-0.4, -0.2) is 57.3 Å². The fraction of sp³-hybridized carbons (Fsp3) is 0.421. The molecule has 0 radical (unpaired) electrons. The monoisotopic (exact) mass is 417 g/mol. The number of rotatable bonds is 3. The molecule has 2 amide bonds. The van der Waals surface area contributed by atoms with Gasteiger partial charge < -0.3 is 9.80 Å². The lowest BCUT2D eigenvalue weighted by Crippen LogP contribution is -2.47. The third-order valence-corrected chi connectivity index (χ3v) is 6.39. The molecule has 2 saturated heterocycles. The van der Waals surface area contributed by atoms with Crippen molar-refractivity contribution in [3.63, 3.8) is 0 Å². The molecule has 7 nitrogen and oxygen atoms in total. The van der Waals surface area contributed by atoms with Gasteiger partial charge in [0.25, 0.3) is 11.8 Å². The highest BCUT2D eigenvalue weighted by atomic mass is 32.1. The maximum atomic E-state index is 15.6. The molecule has 0 saturated carbocycles. The Bertz CT molecular complexity index is 1050. The summed E-state index contributed by atoms with van der Waals surface area (Å²) in [6.45, 7) is 1.96. The van der Waals surface area contributed by atoms with Crippen molar-refractivity contribution in [2.45, 2.75) is 31.1 Å². The molecule has 2 aliphatic heterocycles. The lowest BCUT2D eigenvalue weighted by atomic mass is 9.93. The first-order chi connectivity index (χ1) is 13.7. The van der Waals surface area contributed by atoms with Crippen LogP contribution in [0.3, 0.4) is 0 Å². The summed E-state index contributed by atoms with van der Waals surface area (Å²) in [5, 5.41) is 12.9. The lowest BCUT2D eigenvalue weighted by molar-refractivity contribution is -0.130. The first-order valence-corrected chi connectivity index (χ1v) is 9.79. The number of anilines is 1. The molecule has 150 valence electrons. The largest absolute Gasteiger partial charge is 0.330 e. The Balaban J connectivity index is 1.62. The molecular formula is C19H17F2N5O2S. The number of hydrogen-bond donors (Lipinski definition) is 0. The van der Waals surface area contributed by atoms with Gasteiger partial charge in [-0.15, -0.1) is 5.10 Å². The Labute approximate surface area is 169 Å². The van der Waals surface area contributed by atoms with Crippen molar-refractivity contribution in [3.05, 3.63) is 40.4 Å². The predicted octanol–water partition coefficient (Wildman–Crippen LogP) is 2.45. The summed E-state index contributed by atoms with van der Waals surface area (Å²) >= 11 is 1.07. The molecule has 3 heterocycles. The fourth-order valence-electron chi connectivity index (χ4n) is 3.83. The van der Waals surface area contributed by atoms with E-state index in [-0.39, 0.29) is 22.9 Å². The highest BCUT2D eigenvalue weighted by Gasteiger charge is 2.72. The van der Waals surface area contributed by atoms with E-state index in [1.54, 1.807) is 6.07 Å². The van der Waals surface area contributed by atoms with Gasteiger partial charge in [0.15, 0.2) is 11.4 Å². The lowest BCUT2D eigenvalue weighted by Gasteiger charge is -2.22. The average molecular weight is 417 g/mol. The van der Waals surface area contributed by atoms with Gasteiger partial charge in [0.2, 0.25) is 5.67 Å². The van der Waals surface area contributed by atoms with Gasteiger partial charge in [-0.1, -0.05) is 24.4 Å². The van der Waals surface area contributed by atoms with Crippen LogP contribution in [0.5, 0.6) is 0 Å². The van der Waals surface area contributed by atoms with Gasteiger partial charge in [-0.3, -0.25) is 9.59 Å². The van der Waals surface area contributed by atoms with E-state index in [0.717, 1.165) is 21.3 Å². The summed E-state index contributed by atoms with van der Waals surface area (Å²) in [5.41, 5.74) is -4.80. The molecule has 0 unspecified atom stereocenters. The second-order valence-corrected chi connectivity index (χ2v) is 8.41. The van der Waals surface area contributed by atoms with Crippen molar-refractivity contribution in [2.75, 3.05) is 24.5 Å². The smallest absolute Gasteiger partial charge is 0.275 e. The quantitative estimate of drug-likeness (QED) is 0.765. The van der Waals surface area contributed by atoms with Crippen molar-refractivity contribution >= 4 is 29.0 Å². The zero-order chi connectivity index (χ0) is 21.0. The molecule has 0 aliphatic carbocycles. The van der Waals surface area contributed by atoms with E-state index in [1.807, 2.05) is 19.9 Å². The van der Waals surface area contributed by atoms with Crippen LogP contribution in [0.1, 0.15) is 40.7 Å². The Kier molecular flexibility index (Phi) is 4.38. The van der Waals surface area contributed by atoms with Crippen LogP contribution >= 0.6 is 11.5 Å². The highest BCUT2D eigenvalue weighted by Crippen LogP contribution is 2.47. The zero-order valence-electron chi connectivity index (χ0n) is 15.7. The number of halogens is 2. The highest BCUT2D eigenvalue weighted by molar-refractivity contribution is 7.05. The number of fused-ring (bicyclic) bond motifs is 1. The number of nitriles is 1. The van der Waals surface area contributed by atoms with Crippen molar-refractivity contribution in [2.24, 2.45) is 0 Å². The molecule has 2 fully saturated rings. The van der Waals surface area contributed by atoms with Crippen molar-refractivity contribution in [3.8, 4) is 6.07 Å². The number of nitrogens with zero attached hydrogens (tertiary/aromatic N) is 5. The number of benzene rings is 1. The molecule has 0 spiro atoms. The SMILES string of the molecule is CC(C)c1snnc1C(=O)N1C[C@@]2(F)CN(c3cccc(C#N)c3)C(=O)[C@@]2(F)C1. The fourth-order valence-corrected chi connectivity index (χ4v) is 4.47. The maximum absolute atomic E-state index is 15.6. The minimum atomic E-state index is -2.85. The van der Waals surface area contributed by atoms with E-state index in [1.165, 1.54) is 18.2 Å². The second-order valence-electron chi connectivity index (χ2n) is 7.62. The number of hydrogen-bond acceptors (Lipinski definition) is 6. The predicted molar refractivity (Wildman–Crippen MR) is 101 cm³/mol. The van der Waals surface area contributed by atoms with Crippen LogP contribution in [0, 0.1) is 11.3 Å². The van der Waals surface area contributed by atoms with Gasteiger partial charge in [0.05, 0.1) is 36.1 Å². The van der Waals surface area contributed by atoms with E-state index in [0.29, 0.717) is 4.88 Å². The molecule has 2 aromatic rings. The number of aromatic nitrogens is 2. The molecule has 1 aromatic heterocycles. The first-order valence-electron chi connectivity index (χ1n) is 9.02. The number of likely N-dealkylation sites (tertiary alicyclic amines) is 1. The Morgan fingerprint density at radius 2 is 2.07 bits per heavy atom. The Hall–Kier alpha value is -2.93. The summed E-state index contributed by atoms with van der Waals surface area (Å²) in [7, 11) is 0. The van der Waals surface area contributed by atoms with E-state index < -0.39 is 42.8 Å². The van der Waals surface area contributed by atoms with Crippen molar-refractivity contribution in [1.29, 1.82) is 5.26 Å². The third-order valence-electron chi connectivity index (χ3n) is 5.37. The van der Waals surface area contributed by atoms with Crippen LogP contribution in [0.15, 0.2) is 24.3 Å². The molecule has 4 rings (SSSR count). The molecule has 10 heteroatoms. The van der Waals surface area contributed by atoms with E-state index in [2.05, 4.69) is 9.59 Å². The minimum absolute atomic E-state index is 0.0146. The number of carbonyl (C=O) groups is 2. The van der Waals surface area contributed by atoms with Gasteiger partial charge in [-0.05, 0) is 35.6 Å². The normalized spacial score (nSPS) is 26.1. The summed E-state index contributed by atoms with van der Waals surface area (Å²) in [6, 6.07) is 7.95. The van der Waals surface area contributed by atoms with Gasteiger partial charge in [0, 0.05) is 5.69 Å². The number of amides is 2. The zero-order valence-corrected chi connectivity index (χ0v) is 16.5. The van der Waals surface area contributed by atoms with Crippen LogP contribution < -0.4 is 4.90 Å². The first kappa shape index (κ1) is 19.4. The average Bonchev–Trinajstić information content (AvgIpc) is 3.33. The molecule has 2 atom stereocenters. The third kappa shape index (κ3) is 2.80. The summed E-state index contributed by atoms with van der Waals surface area (Å²) in [4.78, 5) is 28.3. The minimum Gasteiger partial charge on any atom is -0.330 e. The molecule has 0 bridgehead atoms. The number of alkyl halides is 2. The van der Waals surface area contributed by atoms with Gasteiger partial charge in [0.1, 0.15) is 0 Å². The van der Waals surface area contributed by atoms with Crippen molar-refractivity contribution < 1.29 is 18.4 Å².